The van der Waals surface area contributed by atoms with Crippen LogP contribution in [0.5, 0.6) is 0 Å². The average Bonchev–Trinajstić information content (AvgIpc) is 3.39. The Kier molecular flexibility index (Phi) is 5.59. The van der Waals surface area contributed by atoms with Gasteiger partial charge < -0.3 is 5.32 Å². The Morgan fingerprint density at radius 2 is 1.97 bits per heavy atom. The van der Waals surface area contributed by atoms with Crippen molar-refractivity contribution in [1.29, 1.82) is 0 Å². The molecule has 0 aliphatic carbocycles. The summed E-state index contributed by atoms with van der Waals surface area (Å²) in [4.78, 5) is 18.2. The van der Waals surface area contributed by atoms with Crippen molar-refractivity contribution >= 4 is 38.0 Å². The SMILES string of the molecule is CCC(NC(=O)c1cncc2c1cnn2-c1ccc(F)cc1)c1cc(S(C)(=O)=O)cs1. The number of thiophene rings is 1. The van der Waals surface area contributed by atoms with Crippen LogP contribution in [0.25, 0.3) is 16.6 Å². The molecule has 0 spiro atoms. The van der Waals surface area contributed by atoms with Gasteiger partial charge in [-0.15, -0.1) is 11.3 Å². The predicted octanol–water partition coefficient (Wildman–Crippen LogP) is 3.91. The number of aromatic nitrogens is 3. The van der Waals surface area contributed by atoms with Crippen molar-refractivity contribution in [2.75, 3.05) is 6.26 Å². The third-order valence-electron chi connectivity index (χ3n) is 4.89. The molecule has 4 aromatic rings. The maximum absolute atomic E-state index is 13.2. The van der Waals surface area contributed by atoms with Gasteiger partial charge in [0.05, 0.1) is 40.1 Å². The molecule has 31 heavy (non-hydrogen) atoms. The number of benzene rings is 1. The molecule has 1 N–H and O–H groups in total. The summed E-state index contributed by atoms with van der Waals surface area (Å²) >= 11 is 1.30. The summed E-state index contributed by atoms with van der Waals surface area (Å²) in [6.45, 7) is 1.91. The summed E-state index contributed by atoms with van der Waals surface area (Å²) in [7, 11) is -3.31. The number of nitrogens with one attached hydrogen (secondary N) is 1. The van der Waals surface area contributed by atoms with E-state index in [9.17, 15) is 17.6 Å². The highest BCUT2D eigenvalue weighted by Crippen LogP contribution is 2.28. The number of amides is 1. The topological polar surface area (TPSA) is 93.9 Å². The molecule has 3 aromatic heterocycles. The van der Waals surface area contributed by atoms with E-state index in [2.05, 4.69) is 15.4 Å². The lowest BCUT2D eigenvalue weighted by Crippen LogP contribution is -2.27. The zero-order valence-corrected chi connectivity index (χ0v) is 18.4. The predicted molar refractivity (Wildman–Crippen MR) is 117 cm³/mol. The first-order chi connectivity index (χ1) is 14.8. The van der Waals surface area contributed by atoms with Crippen molar-refractivity contribution in [3.05, 3.63) is 70.6 Å². The fraction of sp³-hybridized carbons (Fsp3) is 0.190. The van der Waals surface area contributed by atoms with Crippen molar-refractivity contribution in [2.24, 2.45) is 0 Å². The fourth-order valence-corrected chi connectivity index (χ4v) is 5.40. The van der Waals surface area contributed by atoms with Crippen molar-refractivity contribution in [3.63, 3.8) is 0 Å². The number of carbonyl (C=O) groups is 1. The molecule has 0 radical (unpaired) electrons. The molecular formula is C21H19FN4O3S2. The number of hydrogen-bond donors (Lipinski definition) is 1. The van der Waals surface area contributed by atoms with Gasteiger partial charge in [-0.3, -0.25) is 9.78 Å². The molecule has 0 saturated carbocycles. The first-order valence-corrected chi connectivity index (χ1v) is 12.2. The summed E-state index contributed by atoms with van der Waals surface area (Å²) < 4.78 is 38.4. The minimum absolute atomic E-state index is 0.240. The number of fused-ring (bicyclic) bond motifs is 1. The molecule has 0 fully saturated rings. The maximum atomic E-state index is 13.2. The van der Waals surface area contributed by atoms with Gasteiger partial charge in [-0.1, -0.05) is 6.92 Å². The highest BCUT2D eigenvalue weighted by molar-refractivity contribution is 7.90. The number of halogens is 1. The molecular weight excluding hydrogens is 439 g/mol. The second kappa shape index (κ2) is 8.20. The van der Waals surface area contributed by atoms with E-state index in [1.165, 1.54) is 29.7 Å². The first kappa shape index (κ1) is 21.1. The summed E-state index contributed by atoms with van der Waals surface area (Å²) in [6, 6.07) is 7.13. The molecule has 1 amide bonds. The smallest absolute Gasteiger partial charge is 0.254 e. The number of rotatable bonds is 6. The van der Waals surface area contributed by atoms with Gasteiger partial charge >= 0.3 is 0 Å². The quantitative estimate of drug-likeness (QED) is 0.473. The lowest BCUT2D eigenvalue weighted by Gasteiger charge is -2.15. The third-order valence-corrected chi connectivity index (χ3v) is 7.18. The standard InChI is InChI=1S/C21H19FN4O3S2/c1-3-18(20-8-15(12-30-20)31(2,28)29)25-21(27)17-9-23-11-19-16(17)10-24-26(19)14-6-4-13(22)5-7-14/h4-12,18H,3H2,1-2H3,(H,25,27). The van der Waals surface area contributed by atoms with Crippen LogP contribution in [0.4, 0.5) is 4.39 Å². The van der Waals surface area contributed by atoms with Crippen LogP contribution in [-0.4, -0.2) is 35.3 Å². The van der Waals surface area contributed by atoms with Gasteiger partial charge in [0.15, 0.2) is 9.84 Å². The van der Waals surface area contributed by atoms with Crippen molar-refractivity contribution < 1.29 is 17.6 Å². The van der Waals surface area contributed by atoms with Gasteiger partial charge in [-0.25, -0.2) is 17.5 Å². The monoisotopic (exact) mass is 458 g/mol. The molecule has 0 bridgehead atoms. The molecule has 0 aliphatic heterocycles. The lowest BCUT2D eigenvalue weighted by molar-refractivity contribution is 0.0937. The van der Waals surface area contributed by atoms with Gasteiger partial charge in [0, 0.05) is 28.1 Å². The van der Waals surface area contributed by atoms with E-state index in [0.29, 0.717) is 28.6 Å². The lowest BCUT2D eigenvalue weighted by atomic mass is 10.1. The minimum atomic E-state index is -3.31. The molecule has 10 heteroatoms. The van der Waals surface area contributed by atoms with Crippen LogP contribution in [-0.2, 0) is 9.84 Å². The Bertz CT molecular complexity index is 1360. The summed E-state index contributed by atoms with van der Waals surface area (Å²) in [5, 5.41) is 9.48. The van der Waals surface area contributed by atoms with E-state index in [-0.39, 0.29) is 22.7 Å². The molecule has 1 unspecified atom stereocenters. The third kappa shape index (κ3) is 4.21. The molecule has 160 valence electrons. The van der Waals surface area contributed by atoms with E-state index in [0.717, 1.165) is 11.1 Å². The Morgan fingerprint density at radius 1 is 1.23 bits per heavy atom. The Hall–Kier alpha value is -3.11. The van der Waals surface area contributed by atoms with Crippen LogP contribution in [0, 0.1) is 5.82 Å². The minimum Gasteiger partial charge on any atom is -0.344 e. The number of hydrogen-bond acceptors (Lipinski definition) is 6. The Labute approximate surface area is 182 Å². The van der Waals surface area contributed by atoms with Crippen LogP contribution in [0.3, 0.4) is 0 Å². The Balaban J connectivity index is 1.64. The molecule has 3 heterocycles. The second-order valence-corrected chi connectivity index (χ2v) is 10.0. The maximum Gasteiger partial charge on any atom is 0.254 e. The number of pyridine rings is 1. The molecule has 4 rings (SSSR count). The highest BCUT2D eigenvalue weighted by Gasteiger charge is 2.21. The molecule has 1 aromatic carbocycles. The van der Waals surface area contributed by atoms with Gasteiger partial charge in [0.25, 0.3) is 5.91 Å². The van der Waals surface area contributed by atoms with E-state index >= 15 is 0 Å². The summed E-state index contributed by atoms with van der Waals surface area (Å²) in [5.74, 6) is -0.686. The zero-order chi connectivity index (χ0) is 22.2. The number of carbonyl (C=O) groups excluding carboxylic acids is 1. The second-order valence-electron chi connectivity index (χ2n) is 7.04. The van der Waals surface area contributed by atoms with Crippen LogP contribution in [0.15, 0.2) is 59.2 Å². The number of sulfone groups is 1. The largest absolute Gasteiger partial charge is 0.344 e. The van der Waals surface area contributed by atoms with Gasteiger partial charge in [-0.05, 0) is 36.8 Å². The van der Waals surface area contributed by atoms with E-state index < -0.39 is 9.84 Å². The van der Waals surface area contributed by atoms with Crippen LogP contribution < -0.4 is 5.32 Å². The van der Waals surface area contributed by atoms with E-state index in [1.807, 2.05) is 6.92 Å². The fourth-order valence-electron chi connectivity index (χ4n) is 3.23. The molecule has 7 nitrogen and oxygen atoms in total. The van der Waals surface area contributed by atoms with E-state index in [1.54, 1.807) is 40.7 Å². The molecule has 0 aliphatic rings. The Morgan fingerprint density at radius 3 is 2.61 bits per heavy atom. The van der Waals surface area contributed by atoms with Crippen LogP contribution in [0.2, 0.25) is 0 Å². The molecule has 1 atom stereocenters. The molecule has 0 saturated heterocycles. The summed E-state index contributed by atoms with van der Waals surface area (Å²) in [5.41, 5.74) is 1.61. The van der Waals surface area contributed by atoms with E-state index in [4.69, 9.17) is 0 Å². The average molecular weight is 459 g/mol. The van der Waals surface area contributed by atoms with Crippen molar-refractivity contribution in [1.82, 2.24) is 20.1 Å². The normalized spacial score (nSPS) is 12.7. The zero-order valence-electron chi connectivity index (χ0n) is 16.7. The van der Waals surface area contributed by atoms with Crippen molar-refractivity contribution in [2.45, 2.75) is 24.3 Å². The van der Waals surface area contributed by atoms with Crippen molar-refractivity contribution in [3.8, 4) is 5.69 Å². The first-order valence-electron chi connectivity index (χ1n) is 9.45. The highest BCUT2D eigenvalue weighted by atomic mass is 32.2. The number of nitrogens with zero attached hydrogens (tertiary/aromatic N) is 3. The van der Waals surface area contributed by atoms with Crippen LogP contribution >= 0.6 is 11.3 Å². The van der Waals surface area contributed by atoms with Gasteiger partial charge in [0.1, 0.15) is 5.82 Å². The van der Waals surface area contributed by atoms with Gasteiger partial charge in [0.2, 0.25) is 0 Å². The van der Waals surface area contributed by atoms with Gasteiger partial charge in [-0.2, -0.15) is 5.10 Å². The summed E-state index contributed by atoms with van der Waals surface area (Å²) in [6.07, 6.45) is 6.38. The van der Waals surface area contributed by atoms with Crippen LogP contribution in [0.1, 0.15) is 34.6 Å².